The average molecular weight is 290 g/mol. The third-order valence-corrected chi connectivity index (χ3v) is 4.56. The molecule has 1 heterocycles. The van der Waals surface area contributed by atoms with Gasteiger partial charge in [-0.15, -0.1) is 0 Å². The first-order valence-corrected chi connectivity index (χ1v) is 8.63. The Labute approximate surface area is 129 Å². The fraction of sp³-hybridized carbons (Fsp3) is 0.722. The quantitative estimate of drug-likeness (QED) is 0.787. The average Bonchev–Trinajstić information content (AvgIpc) is 2.54. The molecule has 0 bridgehead atoms. The van der Waals surface area contributed by atoms with Crippen LogP contribution in [0.5, 0.6) is 5.88 Å². The standard InChI is InChI=1S/C18H30N2O/c1-3-5-8-14(4-2)13-21-18-16(12-19)11-15-9-6-7-10-17(15)20-18/h11,14H,3-10,12-13,19H2,1-2H3. The van der Waals surface area contributed by atoms with Gasteiger partial charge in [-0.25, -0.2) is 4.98 Å². The van der Waals surface area contributed by atoms with Crippen molar-refractivity contribution in [3.8, 4) is 5.88 Å². The molecule has 1 aromatic heterocycles. The van der Waals surface area contributed by atoms with Crippen LogP contribution in [0.15, 0.2) is 6.07 Å². The molecule has 1 aliphatic carbocycles. The lowest BCUT2D eigenvalue weighted by molar-refractivity contribution is 0.223. The molecule has 0 saturated heterocycles. The maximum atomic E-state index is 6.05. The summed E-state index contributed by atoms with van der Waals surface area (Å²) in [5.41, 5.74) is 9.57. The van der Waals surface area contributed by atoms with E-state index < -0.39 is 0 Å². The maximum absolute atomic E-state index is 6.05. The Bertz CT molecular complexity index is 445. The van der Waals surface area contributed by atoms with Crippen molar-refractivity contribution in [3.63, 3.8) is 0 Å². The van der Waals surface area contributed by atoms with Crippen LogP contribution in [0, 0.1) is 5.92 Å². The van der Waals surface area contributed by atoms with E-state index in [1.165, 1.54) is 49.8 Å². The zero-order valence-corrected chi connectivity index (χ0v) is 13.7. The molecule has 1 atom stereocenters. The number of rotatable bonds is 8. The van der Waals surface area contributed by atoms with Gasteiger partial charge in [0, 0.05) is 17.8 Å². The summed E-state index contributed by atoms with van der Waals surface area (Å²) in [6.07, 6.45) is 9.69. The molecule has 2 rings (SSSR count). The van der Waals surface area contributed by atoms with Gasteiger partial charge in [-0.2, -0.15) is 0 Å². The summed E-state index contributed by atoms with van der Waals surface area (Å²) in [7, 11) is 0. The highest BCUT2D eigenvalue weighted by Gasteiger charge is 2.16. The van der Waals surface area contributed by atoms with Crippen molar-refractivity contribution in [2.75, 3.05) is 6.61 Å². The van der Waals surface area contributed by atoms with Gasteiger partial charge in [-0.1, -0.05) is 33.1 Å². The summed E-state index contributed by atoms with van der Waals surface area (Å²) in [4.78, 5) is 4.77. The molecule has 1 aliphatic rings. The van der Waals surface area contributed by atoms with Crippen molar-refractivity contribution >= 4 is 0 Å². The Morgan fingerprint density at radius 1 is 1.29 bits per heavy atom. The highest BCUT2D eigenvalue weighted by molar-refractivity contribution is 5.35. The summed E-state index contributed by atoms with van der Waals surface area (Å²) in [6, 6.07) is 2.23. The zero-order chi connectivity index (χ0) is 15.1. The van der Waals surface area contributed by atoms with E-state index >= 15 is 0 Å². The topological polar surface area (TPSA) is 48.1 Å². The lowest BCUT2D eigenvalue weighted by Crippen LogP contribution is -2.16. The fourth-order valence-electron chi connectivity index (χ4n) is 3.03. The molecule has 3 heteroatoms. The number of aromatic nitrogens is 1. The summed E-state index contributed by atoms with van der Waals surface area (Å²) < 4.78 is 6.05. The van der Waals surface area contributed by atoms with E-state index in [-0.39, 0.29) is 0 Å². The number of fused-ring (bicyclic) bond motifs is 1. The summed E-state index contributed by atoms with van der Waals surface area (Å²) in [5.74, 6) is 1.42. The molecule has 0 spiro atoms. The van der Waals surface area contributed by atoms with Crippen molar-refractivity contribution in [1.29, 1.82) is 0 Å². The van der Waals surface area contributed by atoms with E-state index in [9.17, 15) is 0 Å². The van der Waals surface area contributed by atoms with Crippen LogP contribution in [0.4, 0.5) is 0 Å². The third-order valence-electron chi connectivity index (χ3n) is 4.56. The van der Waals surface area contributed by atoms with Crippen LogP contribution >= 0.6 is 0 Å². The van der Waals surface area contributed by atoms with Crippen LogP contribution in [0.25, 0.3) is 0 Å². The number of ether oxygens (including phenoxy) is 1. The van der Waals surface area contributed by atoms with Crippen LogP contribution in [0.3, 0.4) is 0 Å². The Hall–Kier alpha value is -1.09. The zero-order valence-electron chi connectivity index (χ0n) is 13.7. The molecule has 0 amide bonds. The molecule has 3 nitrogen and oxygen atoms in total. The molecule has 1 aromatic rings. The van der Waals surface area contributed by atoms with Crippen molar-refractivity contribution in [2.24, 2.45) is 11.7 Å². The Morgan fingerprint density at radius 2 is 2.10 bits per heavy atom. The van der Waals surface area contributed by atoms with Gasteiger partial charge in [-0.05, 0) is 49.7 Å². The van der Waals surface area contributed by atoms with Gasteiger partial charge in [-0.3, -0.25) is 0 Å². The molecule has 1 unspecified atom stereocenters. The van der Waals surface area contributed by atoms with Crippen molar-refractivity contribution in [3.05, 3.63) is 22.9 Å². The Balaban J connectivity index is 2.04. The molecule has 0 aromatic carbocycles. The Kier molecular flexibility index (Phi) is 6.50. The normalized spacial score (nSPS) is 15.6. The molecular formula is C18H30N2O. The van der Waals surface area contributed by atoms with Gasteiger partial charge in [0.15, 0.2) is 0 Å². The largest absolute Gasteiger partial charge is 0.477 e. The van der Waals surface area contributed by atoms with Crippen LogP contribution in [-0.4, -0.2) is 11.6 Å². The smallest absolute Gasteiger partial charge is 0.218 e. The minimum atomic E-state index is 0.515. The SMILES string of the molecule is CCCCC(CC)COc1nc2c(cc1CN)CCCC2. The molecule has 2 N–H and O–H groups in total. The van der Waals surface area contributed by atoms with Gasteiger partial charge < -0.3 is 10.5 Å². The van der Waals surface area contributed by atoms with Crippen LogP contribution < -0.4 is 10.5 Å². The number of unbranched alkanes of at least 4 members (excludes halogenated alkanes) is 1. The summed E-state index contributed by atoms with van der Waals surface area (Å²) in [5, 5.41) is 0. The second-order valence-corrected chi connectivity index (χ2v) is 6.20. The lowest BCUT2D eigenvalue weighted by Gasteiger charge is -2.20. The highest BCUT2D eigenvalue weighted by Crippen LogP contribution is 2.26. The van der Waals surface area contributed by atoms with Gasteiger partial charge in [0.05, 0.1) is 6.61 Å². The second kappa shape index (κ2) is 8.38. The maximum Gasteiger partial charge on any atom is 0.218 e. The molecule has 0 radical (unpaired) electrons. The molecule has 0 saturated carbocycles. The minimum Gasteiger partial charge on any atom is -0.477 e. The third kappa shape index (κ3) is 4.44. The molecular weight excluding hydrogens is 260 g/mol. The Morgan fingerprint density at radius 3 is 2.81 bits per heavy atom. The second-order valence-electron chi connectivity index (χ2n) is 6.20. The predicted octanol–water partition coefficient (Wildman–Crippen LogP) is 4.01. The van der Waals surface area contributed by atoms with Crippen LogP contribution in [0.1, 0.15) is 69.2 Å². The van der Waals surface area contributed by atoms with Gasteiger partial charge in [0.2, 0.25) is 5.88 Å². The number of hydrogen-bond acceptors (Lipinski definition) is 3. The van der Waals surface area contributed by atoms with E-state index in [1.807, 2.05) is 0 Å². The molecule has 118 valence electrons. The highest BCUT2D eigenvalue weighted by atomic mass is 16.5. The lowest BCUT2D eigenvalue weighted by atomic mass is 9.95. The number of nitrogens with zero attached hydrogens (tertiary/aromatic N) is 1. The molecule has 0 aliphatic heterocycles. The first-order chi connectivity index (χ1) is 10.3. The van der Waals surface area contributed by atoms with Gasteiger partial charge in [0.1, 0.15) is 0 Å². The number of pyridine rings is 1. The molecule has 21 heavy (non-hydrogen) atoms. The van der Waals surface area contributed by atoms with Crippen molar-refractivity contribution in [2.45, 2.75) is 71.8 Å². The van der Waals surface area contributed by atoms with E-state index in [1.54, 1.807) is 0 Å². The van der Waals surface area contributed by atoms with Gasteiger partial charge >= 0.3 is 0 Å². The first kappa shape index (κ1) is 16.3. The fourth-order valence-corrected chi connectivity index (χ4v) is 3.03. The van der Waals surface area contributed by atoms with Crippen LogP contribution in [0.2, 0.25) is 0 Å². The first-order valence-electron chi connectivity index (χ1n) is 8.63. The van der Waals surface area contributed by atoms with Gasteiger partial charge in [0.25, 0.3) is 0 Å². The van der Waals surface area contributed by atoms with Crippen molar-refractivity contribution < 1.29 is 4.74 Å². The van der Waals surface area contributed by atoms with Crippen molar-refractivity contribution in [1.82, 2.24) is 4.98 Å². The summed E-state index contributed by atoms with van der Waals surface area (Å²) >= 11 is 0. The number of nitrogens with two attached hydrogens (primary N) is 1. The van der Waals surface area contributed by atoms with E-state index in [4.69, 9.17) is 15.5 Å². The summed E-state index contributed by atoms with van der Waals surface area (Å²) in [6.45, 7) is 5.77. The minimum absolute atomic E-state index is 0.515. The van der Waals surface area contributed by atoms with Crippen LogP contribution in [-0.2, 0) is 19.4 Å². The van der Waals surface area contributed by atoms with E-state index in [0.717, 1.165) is 30.9 Å². The molecule has 0 fully saturated rings. The number of aryl methyl sites for hydroxylation is 2. The van der Waals surface area contributed by atoms with E-state index in [0.29, 0.717) is 12.5 Å². The predicted molar refractivity (Wildman–Crippen MR) is 87.6 cm³/mol. The number of hydrogen-bond donors (Lipinski definition) is 1. The monoisotopic (exact) mass is 290 g/mol. The van der Waals surface area contributed by atoms with E-state index in [2.05, 4.69) is 19.9 Å².